The van der Waals surface area contributed by atoms with Gasteiger partial charge >= 0.3 is 0 Å². The number of fused-ring (bicyclic) bond motifs is 12. The zero-order chi connectivity index (χ0) is 91.1. The molecule has 4 heterocycles. The predicted octanol–water partition coefficient (Wildman–Crippen LogP) is 37.0. The summed E-state index contributed by atoms with van der Waals surface area (Å²) in [6, 6.07) is 190. The van der Waals surface area contributed by atoms with Gasteiger partial charge in [-0.25, -0.2) is 0 Å². The van der Waals surface area contributed by atoms with Crippen molar-refractivity contribution in [2.24, 2.45) is 0 Å². The molecule has 0 amide bonds. The van der Waals surface area contributed by atoms with Crippen molar-refractivity contribution in [2.75, 3.05) is 9.80 Å². The topological polar surface area (TPSA) is 42.6 Å². The Labute approximate surface area is 799 Å². The first kappa shape index (κ1) is 80.5. The van der Waals surface area contributed by atoms with Crippen LogP contribution in [0.15, 0.2) is 531 Å². The van der Waals surface area contributed by atoms with Gasteiger partial charge in [0.15, 0.2) is 0 Å². The first-order chi connectivity index (χ1) is 68.4. The molecule has 646 valence electrons. The molecule has 26 aromatic rings. The van der Waals surface area contributed by atoms with Gasteiger partial charge in [0.05, 0.1) is 33.4 Å². The van der Waals surface area contributed by atoms with E-state index in [4.69, 9.17) is 8.83 Å². The number of hydrogen-bond donors (Lipinski definition) is 0. The number of para-hydroxylation sites is 7. The normalized spacial score (nSPS) is 11.6. The Kier molecular flexibility index (Phi) is 19.9. The minimum absolute atomic E-state index is 0.844. The van der Waals surface area contributed by atoms with E-state index < -0.39 is 0 Å². The smallest absolute Gasteiger partial charge is 0.143 e. The maximum absolute atomic E-state index is 6.98. The molecular weight excluding hydrogens is 1670 g/mol. The van der Waals surface area contributed by atoms with E-state index in [0.29, 0.717) is 0 Å². The van der Waals surface area contributed by atoms with Crippen LogP contribution in [0.5, 0.6) is 0 Å². The van der Waals surface area contributed by atoms with E-state index in [2.05, 4.69) is 535 Å². The Morgan fingerprint density at radius 2 is 0.420 bits per heavy atom. The lowest BCUT2D eigenvalue weighted by Gasteiger charge is -2.27. The number of aromatic nitrogens is 2. The minimum atomic E-state index is 0.844. The van der Waals surface area contributed by atoms with Crippen LogP contribution in [-0.4, -0.2) is 9.13 Å². The molecule has 0 atom stereocenters. The number of anilines is 6. The van der Waals surface area contributed by atoms with Crippen molar-refractivity contribution < 1.29 is 8.83 Å². The number of hydrogen-bond acceptors (Lipinski definition) is 4. The summed E-state index contributed by atoms with van der Waals surface area (Å²) in [5.41, 5.74) is 41.0. The van der Waals surface area contributed by atoms with Gasteiger partial charge in [0.25, 0.3) is 0 Å². The van der Waals surface area contributed by atoms with Gasteiger partial charge in [-0.3, -0.25) is 0 Å². The standard InChI is InChI=1S/C132H86N4O2/c1-4-27-87(28-5-1)97-33-24-34-98(81-97)90-57-69-103(70-58-90)133(104-71-59-93(60-72-104)111-79-67-99(88-29-6-2-7-30-88)85-127(111)135-123-47-18-12-39-114(123)115-40-13-19-48-124(115)135)105-77-65-96(66-78-105)121-83-102(84-122-119-44-17-23-52-130(119)138-132(121)122)91-53-55-92(56-54-91)109-37-10-11-38-110(109)101-35-25-36-108(82-101)134(107-75-63-95(64-76-107)113-45-26-46-120-118-43-16-22-51-129(118)137-131(113)120)106-73-61-94(62-74-106)112-80-68-100(89-31-8-3-9-32-89)86-128(112)136-125-49-20-14-41-116(125)117-42-15-21-50-126(117)136/h1-86H. The Bertz CT molecular complexity index is 9040. The summed E-state index contributed by atoms with van der Waals surface area (Å²) < 4.78 is 18.5. The van der Waals surface area contributed by atoms with Crippen molar-refractivity contribution >= 4 is 122 Å². The van der Waals surface area contributed by atoms with Gasteiger partial charge in [-0.05, 0) is 240 Å². The molecule has 0 N–H and O–H groups in total. The first-order valence-electron chi connectivity index (χ1n) is 47.2. The summed E-state index contributed by atoms with van der Waals surface area (Å²) >= 11 is 0. The lowest BCUT2D eigenvalue weighted by Crippen LogP contribution is -2.10. The molecule has 0 saturated carbocycles. The second kappa shape index (κ2) is 34.0. The van der Waals surface area contributed by atoms with Crippen LogP contribution < -0.4 is 9.80 Å². The molecule has 6 nitrogen and oxygen atoms in total. The Morgan fingerprint density at radius 1 is 0.138 bits per heavy atom. The van der Waals surface area contributed by atoms with E-state index in [1.165, 1.54) is 43.8 Å². The quantitative estimate of drug-likeness (QED) is 0.0809. The van der Waals surface area contributed by atoms with Crippen LogP contribution >= 0.6 is 0 Å². The third-order valence-electron chi connectivity index (χ3n) is 27.8. The third-order valence-corrected chi connectivity index (χ3v) is 27.8. The maximum Gasteiger partial charge on any atom is 0.143 e. The highest BCUT2D eigenvalue weighted by Crippen LogP contribution is 2.49. The number of rotatable bonds is 19. The fraction of sp³-hybridized carbons (Fsp3) is 0. The summed E-state index contributed by atoms with van der Waals surface area (Å²) in [5, 5.41) is 9.23. The van der Waals surface area contributed by atoms with Crippen LogP contribution in [0.2, 0.25) is 0 Å². The van der Waals surface area contributed by atoms with Gasteiger partial charge in [0, 0.05) is 99.5 Å². The summed E-state index contributed by atoms with van der Waals surface area (Å²) in [4.78, 5) is 4.77. The average molecular weight is 1760 g/mol. The van der Waals surface area contributed by atoms with Gasteiger partial charge < -0.3 is 27.8 Å². The van der Waals surface area contributed by atoms with Crippen molar-refractivity contribution in [3.63, 3.8) is 0 Å². The van der Waals surface area contributed by atoms with Gasteiger partial charge in [-0.2, -0.15) is 0 Å². The van der Waals surface area contributed by atoms with Crippen LogP contribution in [0.25, 0.3) is 221 Å². The highest BCUT2D eigenvalue weighted by Gasteiger charge is 2.26. The molecule has 26 rings (SSSR count). The average Bonchev–Trinajstić information content (AvgIpc) is 1.58. The highest BCUT2D eigenvalue weighted by molar-refractivity contribution is 6.15. The van der Waals surface area contributed by atoms with Crippen molar-refractivity contribution in [2.45, 2.75) is 0 Å². The molecule has 22 aromatic carbocycles. The van der Waals surface area contributed by atoms with E-state index in [-0.39, 0.29) is 0 Å². The minimum Gasteiger partial charge on any atom is -0.455 e. The second-order valence-corrected chi connectivity index (χ2v) is 35.7. The SMILES string of the molecule is c1ccc(-c2cccc(-c3ccc(N(c4ccc(-c5ccc(-c6ccccc6)cc5-n5c6ccccc6c6ccccc65)cc4)c4ccc(-c5cc(-c6ccc(-c7ccccc7-c7cccc(N(c8ccc(-c9ccc(-c%10ccccc%10)cc9-n9c%10ccccc%10c%10ccccc%109)cc8)c8ccc(-c9cccc%10c9oc9ccccc9%10)cc8)c7)cc6)cc6c5oc5ccccc56)cc4)cc3)c2)cc1. The Hall–Kier alpha value is -18.4. The summed E-state index contributed by atoms with van der Waals surface area (Å²) in [6.45, 7) is 0. The Morgan fingerprint density at radius 3 is 0.884 bits per heavy atom. The molecule has 0 unspecified atom stereocenters. The van der Waals surface area contributed by atoms with Crippen LogP contribution in [0.4, 0.5) is 34.1 Å². The zero-order valence-electron chi connectivity index (χ0n) is 75.3. The van der Waals surface area contributed by atoms with Gasteiger partial charge in [0.1, 0.15) is 22.3 Å². The van der Waals surface area contributed by atoms with Gasteiger partial charge in [-0.1, -0.05) is 382 Å². The highest BCUT2D eigenvalue weighted by atomic mass is 16.3. The molecule has 6 heteroatoms. The van der Waals surface area contributed by atoms with Crippen molar-refractivity contribution in [3.8, 4) is 134 Å². The number of nitrogens with zero attached hydrogens (tertiary/aromatic N) is 4. The number of furan rings is 2. The molecule has 0 spiro atoms. The van der Waals surface area contributed by atoms with Crippen molar-refractivity contribution in [1.82, 2.24) is 9.13 Å². The molecular formula is C132H86N4O2. The fourth-order valence-corrected chi connectivity index (χ4v) is 21.1. The molecule has 0 saturated heterocycles. The lowest BCUT2D eigenvalue weighted by molar-refractivity contribution is 0.669. The molecule has 0 radical (unpaired) electrons. The summed E-state index contributed by atoms with van der Waals surface area (Å²) in [5.74, 6) is 0. The largest absolute Gasteiger partial charge is 0.455 e. The van der Waals surface area contributed by atoms with E-state index in [1.807, 2.05) is 6.07 Å². The molecule has 4 aromatic heterocycles. The molecule has 0 aliphatic rings. The Balaban J connectivity index is 0.549. The fourth-order valence-electron chi connectivity index (χ4n) is 21.1. The molecule has 0 aliphatic carbocycles. The van der Waals surface area contributed by atoms with E-state index in [0.717, 1.165) is 212 Å². The second-order valence-electron chi connectivity index (χ2n) is 35.7. The van der Waals surface area contributed by atoms with Crippen LogP contribution in [0.3, 0.4) is 0 Å². The van der Waals surface area contributed by atoms with Crippen LogP contribution in [-0.2, 0) is 0 Å². The molecule has 0 aliphatic heterocycles. The van der Waals surface area contributed by atoms with E-state index in [9.17, 15) is 0 Å². The maximum atomic E-state index is 6.98. The van der Waals surface area contributed by atoms with Crippen LogP contribution in [0.1, 0.15) is 0 Å². The molecule has 138 heavy (non-hydrogen) atoms. The van der Waals surface area contributed by atoms with Gasteiger partial charge in [0.2, 0.25) is 0 Å². The number of benzene rings is 22. The summed E-state index contributed by atoms with van der Waals surface area (Å²) in [7, 11) is 0. The van der Waals surface area contributed by atoms with Crippen LogP contribution in [0, 0.1) is 0 Å². The van der Waals surface area contributed by atoms with E-state index in [1.54, 1.807) is 0 Å². The zero-order valence-corrected chi connectivity index (χ0v) is 75.3. The predicted molar refractivity (Wildman–Crippen MR) is 579 cm³/mol. The third kappa shape index (κ3) is 14.3. The van der Waals surface area contributed by atoms with Crippen molar-refractivity contribution in [1.29, 1.82) is 0 Å². The van der Waals surface area contributed by atoms with E-state index >= 15 is 0 Å². The first-order valence-corrected chi connectivity index (χ1v) is 47.2. The summed E-state index contributed by atoms with van der Waals surface area (Å²) in [6.07, 6.45) is 0. The molecule has 0 bridgehead atoms. The van der Waals surface area contributed by atoms with Crippen molar-refractivity contribution in [3.05, 3.63) is 522 Å². The lowest BCUT2D eigenvalue weighted by atomic mass is 9.92. The van der Waals surface area contributed by atoms with Gasteiger partial charge in [-0.15, -0.1) is 0 Å². The monoisotopic (exact) mass is 1760 g/mol. The molecule has 0 fully saturated rings.